The summed E-state index contributed by atoms with van der Waals surface area (Å²) < 4.78 is 6.44. The van der Waals surface area contributed by atoms with Gasteiger partial charge in [-0.05, 0) is 36.1 Å². The summed E-state index contributed by atoms with van der Waals surface area (Å²) in [5.74, 6) is 0.929. The molecule has 0 heterocycles. The summed E-state index contributed by atoms with van der Waals surface area (Å²) in [6.07, 6.45) is 0. The Kier molecular flexibility index (Phi) is 2.46. The van der Waals surface area contributed by atoms with Gasteiger partial charge >= 0.3 is 0 Å². The third kappa shape index (κ3) is 1.40. The summed E-state index contributed by atoms with van der Waals surface area (Å²) in [6, 6.07) is 10.2. The molecule has 2 rings (SSSR count). The van der Waals surface area contributed by atoms with Gasteiger partial charge in [-0.15, -0.1) is 0 Å². The van der Waals surface area contributed by atoms with E-state index in [0.717, 1.165) is 15.6 Å². The molecule has 0 aliphatic heterocycles. The average molecular weight is 251 g/mol. The predicted molar refractivity (Wildman–Crippen MR) is 62.9 cm³/mol. The molecule has 0 atom stereocenters. The smallest absolute Gasteiger partial charge is 0.126 e. The van der Waals surface area contributed by atoms with Crippen molar-refractivity contribution in [3.63, 3.8) is 0 Å². The van der Waals surface area contributed by atoms with E-state index in [0.29, 0.717) is 0 Å². The maximum Gasteiger partial charge on any atom is 0.126 e. The lowest BCUT2D eigenvalue weighted by Gasteiger charge is -2.08. The summed E-state index contributed by atoms with van der Waals surface area (Å²) in [4.78, 5) is 0. The number of hydrogen-bond donors (Lipinski definition) is 0. The van der Waals surface area contributed by atoms with E-state index in [1.54, 1.807) is 7.11 Å². The van der Waals surface area contributed by atoms with E-state index in [2.05, 4.69) is 41.1 Å². The molecule has 2 heteroatoms. The van der Waals surface area contributed by atoms with Gasteiger partial charge < -0.3 is 4.74 Å². The number of halogens is 1. The molecule has 0 unspecified atom stereocenters. The number of ether oxygens (including phenoxy) is 1. The molecule has 0 fully saturated rings. The Morgan fingerprint density at radius 3 is 2.57 bits per heavy atom. The summed E-state index contributed by atoms with van der Waals surface area (Å²) in [5.41, 5.74) is 1.25. The van der Waals surface area contributed by atoms with Gasteiger partial charge in [0.25, 0.3) is 0 Å². The maximum atomic E-state index is 5.31. The third-order valence-corrected chi connectivity index (χ3v) is 3.30. The van der Waals surface area contributed by atoms with Crippen LogP contribution in [0, 0.1) is 6.92 Å². The van der Waals surface area contributed by atoms with Crippen LogP contribution in [0.2, 0.25) is 0 Å². The second-order valence-corrected chi connectivity index (χ2v) is 4.08. The number of hydrogen-bond acceptors (Lipinski definition) is 1. The molecule has 0 bridgehead atoms. The van der Waals surface area contributed by atoms with Crippen LogP contribution in [0.1, 0.15) is 5.56 Å². The van der Waals surface area contributed by atoms with E-state index in [-0.39, 0.29) is 0 Å². The first kappa shape index (κ1) is 9.53. The van der Waals surface area contributed by atoms with E-state index >= 15 is 0 Å². The van der Waals surface area contributed by atoms with Crippen LogP contribution in [-0.4, -0.2) is 7.11 Å². The van der Waals surface area contributed by atoms with Crippen LogP contribution < -0.4 is 4.74 Å². The Labute approximate surface area is 91.8 Å². The zero-order valence-electron chi connectivity index (χ0n) is 8.17. The highest BCUT2D eigenvalue weighted by atomic mass is 79.9. The predicted octanol–water partition coefficient (Wildman–Crippen LogP) is 3.92. The Morgan fingerprint density at radius 2 is 1.86 bits per heavy atom. The van der Waals surface area contributed by atoms with E-state index in [1.165, 1.54) is 10.9 Å². The molecule has 0 saturated carbocycles. The Balaban J connectivity index is 2.86. The van der Waals surface area contributed by atoms with Crippen molar-refractivity contribution in [2.24, 2.45) is 0 Å². The van der Waals surface area contributed by atoms with Crippen LogP contribution in [0.25, 0.3) is 10.8 Å². The topological polar surface area (TPSA) is 9.23 Å². The van der Waals surface area contributed by atoms with E-state index in [1.807, 2.05) is 12.1 Å². The molecule has 0 aromatic heterocycles. The van der Waals surface area contributed by atoms with Crippen LogP contribution in [0.4, 0.5) is 0 Å². The maximum absolute atomic E-state index is 5.31. The van der Waals surface area contributed by atoms with Crippen molar-refractivity contribution < 1.29 is 4.74 Å². The molecule has 14 heavy (non-hydrogen) atoms. The minimum atomic E-state index is 0.929. The Morgan fingerprint density at radius 1 is 1.07 bits per heavy atom. The molecule has 0 saturated heterocycles. The highest BCUT2D eigenvalue weighted by molar-refractivity contribution is 9.10. The minimum Gasteiger partial charge on any atom is -0.496 e. The molecule has 0 spiro atoms. The minimum absolute atomic E-state index is 0.929. The number of rotatable bonds is 1. The normalized spacial score (nSPS) is 10.5. The fourth-order valence-corrected chi connectivity index (χ4v) is 1.98. The number of benzene rings is 2. The van der Waals surface area contributed by atoms with E-state index < -0.39 is 0 Å². The van der Waals surface area contributed by atoms with Gasteiger partial charge in [-0.1, -0.05) is 28.1 Å². The molecule has 1 nitrogen and oxygen atoms in total. The number of fused-ring (bicyclic) bond motifs is 1. The highest BCUT2D eigenvalue weighted by Gasteiger charge is 2.04. The summed E-state index contributed by atoms with van der Waals surface area (Å²) >= 11 is 3.52. The van der Waals surface area contributed by atoms with Crippen molar-refractivity contribution >= 4 is 26.7 Å². The third-order valence-electron chi connectivity index (χ3n) is 2.44. The number of methoxy groups -OCH3 is 1. The van der Waals surface area contributed by atoms with Gasteiger partial charge in [-0.2, -0.15) is 0 Å². The van der Waals surface area contributed by atoms with Crippen molar-refractivity contribution in [2.75, 3.05) is 7.11 Å². The van der Waals surface area contributed by atoms with Crippen LogP contribution in [-0.2, 0) is 0 Å². The first-order chi connectivity index (χ1) is 6.74. The van der Waals surface area contributed by atoms with Gasteiger partial charge in [0.05, 0.1) is 7.11 Å². The van der Waals surface area contributed by atoms with Gasteiger partial charge in [0.15, 0.2) is 0 Å². The molecule has 0 radical (unpaired) electrons. The van der Waals surface area contributed by atoms with E-state index in [9.17, 15) is 0 Å². The summed E-state index contributed by atoms with van der Waals surface area (Å²) in [7, 11) is 1.70. The monoisotopic (exact) mass is 250 g/mol. The van der Waals surface area contributed by atoms with Gasteiger partial charge in [-0.3, -0.25) is 0 Å². The zero-order valence-corrected chi connectivity index (χ0v) is 9.76. The van der Waals surface area contributed by atoms with Gasteiger partial charge in [0.1, 0.15) is 5.75 Å². The van der Waals surface area contributed by atoms with Crippen molar-refractivity contribution in [3.8, 4) is 5.75 Å². The first-order valence-corrected chi connectivity index (χ1v) is 5.25. The van der Waals surface area contributed by atoms with Crippen LogP contribution in [0.3, 0.4) is 0 Å². The lowest BCUT2D eigenvalue weighted by molar-refractivity contribution is 0.420. The second-order valence-electron chi connectivity index (χ2n) is 3.23. The highest BCUT2D eigenvalue weighted by Crippen LogP contribution is 2.31. The summed E-state index contributed by atoms with van der Waals surface area (Å²) in [6.45, 7) is 2.10. The fourth-order valence-electron chi connectivity index (χ4n) is 1.63. The Hall–Kier alpha value is -1.02. The Bertz CT molecular complexity index is 477. The van der Waals surface area contributed by atoms with Gasteiger partial charge in [-0.25, -0.2) is 0 Å². The molecule has 2 aromatic carbocycles. The molecule has 0 aliphatic rings. The molecular formula is C12H11BrO. The standard InChI is InChI=1S/C12H11BrO/c1-8-9-4-3-5-12(14-2)10(9)6-7-11(8)13/h3-7H,1-2H3. The largest absolute Gasteiger partial charge is 0.496 e. The lowest BCUT2D eigenvalue weighted by Crippen LogP contribution is -1.86. The van der Waals surface area contributed by atoms with Crippen molar-refractivity contribution in [1.82, 2.24) is 0 Å². The van der Waals surface area contributed by atoms with Crippen molar-refractivity contribution in [3.05, 3.63) is 40.4 Å². The van der Waals surface area contributed by atoms with Crippen molar-refractivity contribution in [1.29, 1.82) is 0 Å². The van der Waals surface area contributed by atoms with Gasteiger partial charge in [0.2, 0.25) is 0 Å². The SMILES string of the molecule is COc1cccc2c(C)c(Br)ccc12. The number of aryl methyl sites for hydroxylation is 1. The first-order valence-electron chi connectivity index (χ1n) is 4.46. The molecular weight excluding hydrogens is 240 g/mol. The molecule has 0 amide bonds. The fraction of sp³-hybridized carbons (Fsp3) is 0.167. The van der Waals surface area contributed by atoms with Crippen LogP contribution in [0.5, 0.6) is 5.75 Å². The molecule has 72 valence electrons. The van der Waals surface area contributed by atoms with Gasteiger partial charge in [0, 0.05) is 9.86 Å². The lowest BCUT2D eigenvalue weighted by atomic mass is 10.1. The van der Waals surface area contributed by atoms with Crippen LogP contribution >= 0.6 is 15.9 Å². The van der Waals surface area contributed by atoms with E-state index in [4.69, 9.17) is 4.74 Å². The van der Waals surface area contributed by atoms with Crippen molar-refractivity contribution in [2.45, 2.75) is 6.92 Å². The average Bonchev–Trinajstić information content (AvgIpc) is 2.23. The molecule has 2 aromatic rings. The summed E-state index contributed by atoms with van der Waals surface area (Å²) in [5, 5.41) is 2.40. The molecule has 0 N–H and O–H groups in total. The zero-order chi connectivity index (χ0) is 10.1. The second kappa shape index (κ2) is 3.62. The molecule has 0 aliphatic carbocycles. The van der Waals surface area contributed by atoms with Crippen LogP contribution in [0.15, 0.2) is 34.8 Å². The quantitative estimate of drug-likeness (QED) is 0.746.